The van der Waals surface area contributed by atoms with Crippen molar-refractivity contribution in [3.8, 4) is 0 Å². The molecule has 0 spiro atoms. The number of rotatable bonds is 2. The minimum Gasteiger partial charge on any atom is -0.143 e. The normalized spacial score (nSPS) is 24.6. The van der Waals surface area contributed by atoms with Crippen LogP contribution in [0.4, 0.5) is 0 Å². The number of thioether (sulfide) groups is 2. The van der Waals surface area contributed by atoms with E-state index >= 15 is 0 Å². The first-order valence-electron chi connectivity index (χ1n) is 3.67. The number of alkyl halides is 1. The van der Waals surface area contributed by atoms with Crippen molar-refractivity contribution in [1.29, 1.82) is 0 Å². The Morgan fingerprint density at radius 3 is 2.30 bits per heavy atom. The second kappa shape index (κ2) is 4.45. The Bertz CT molecular complexity index is 93.8. The molecule has 1 fully saturated rings. The Morgan fingerprint density at radius 2 is 2.00 bits per heavy atom. The summed E-state index contributed by atoms with van der Waals surface area (Å²) in [5.41, 5.74) is 0. The van der Waals surface area contributed by atoms with E-state index in [0.29, 0.717) is 4.08 Å². The number of hydrogen-bond donors (Lipinski definition) is 0. The van der Waals surface area contributed by atoms with Gasteiger partial charge in [0.25, 0.3) is 0 Å². The van der Waals surface area contributed by atoms with Gasteiger partial charge in [-0.25, -0.2) is 0 Å². The molecule has 1 aliphatic rings. The third-order valence-electron chi connectivity index (χ3n) is 1.76. The van der Waals surface area contributed by atoms with Gasteiger partial charge >= 0.3 is 0 Å². The van der Waals surface area contributed by atoms with Crippen molar-refractivity contribution < 1.29 is 0 Å². The van der Waals surface area contributed by atoms with Crippen LogP contribution in [0.25, 0.3) is 0 Å². The van der Waals surface area contributed by atoms with Crippen LogP contribution in [0, 0.1) is 0 Å². The van der Waals surface area contributed by atoms with E-state index in [-0.39, 0.29) is 0 Å². The van der Waals surface area contributed by atoms with Gasteiger partial charge in [0.2, 0.25) is 0 Å². The van der Waals surface area contributed by atoms with Crippen molar-refractivity contribution in [2.24, 2.45) is 0 Å². The standard InChI is InChI=1S/C7H13IS2/c1-2-7(6-8)9-4-3-5-10-7/h2-6H2,1H3. The maximum Gasteiger partial charge on any atom is 0.0697 e. The van der Waals surface area contributed by atoms with Crippen LogP contribution in [0.3, 0.4) is 0 Å². The molecule has 1 heterocycles. The Labute approximate surface area is 85.4 Å². The van der Waals surface area contributed by atoms with Crippen molar-refractivity contribution in [3.05, 3.63) is 0 Å². The quantitative estimate of drug-likeness (QED) is 0.564. The van der Waals surface area contributed by atoms with E-state index in [1.54, 1.807) is 0 Å². The van der Waals surface area contributed by atoms with Crippen LogP contribution in [-0.2, 0) is 0 Å². The van der Waals surface area contributed by atoms with Crippen molar-refractivity contribution in [2.75, 3.05) is 15.9 Å². The average Bonchev–Trinajstić information content (AvgIpc) is 2.06. The summed E-state index contributed by atoms with van der Waals surface area (Å²) in [6.07, 6.45) is 2.74. The molecule has 1 rings (SSSR count). The molecule has 0 aliphatic carbocycles. The molecular formula is C7H13IS2. The molecule has 10 heavy (non-hydrogen) atoms. The van der Waals surface area contributed by atoms with Crippen LogP contribution in [0.15, 0.2) is 0 Å². The first kappa shape index (κ1) is 9.52. The minimum atomic E-state index is 0.582. The van der Waals surface area contributed by atoms with Gasteiger partial charge in [-0.2, -0.15) is 0 Å². The molecule has 0 radical (unpaired) electrons. The third kappa shape index (κ3) is 2.21. The summed E-state index contributed by atoms with van der Waals surface area (Å²) < 4.78 is 1.88. The predicted octanol–water partition coefficient (Wildman–Crippen LogP) is 3.40. The van der Waals surface area contributed by atoms with Crippen LogP contribution in [0.5, 0.6) is 0 Å². The highest BCUT2D eigenvalue weighted by molar-refractivity contribution is 14.1. The molecule has 3 heteroatoms. The zero-order valence-electron chi connectivity index (χ0n) is 6.23. The monoisotopic (exact) mass is 288 g/mol. The summed E-state index contributed by atoms with van der Waals surface area (Å²) in [4.78, 5) is 0. The molecule has 60 valence electrons. The highest BCUT2D eigenvalue weighted by Gasteiger charge is 2.30. The van der Waals surface area contributed by atoms with Gasteiger partial charge in [0.15, 0.2) is 0 Å². The van der Waals surface area contributed by atoms with E-state index in [0.717, 1.165) is 0 Å². The highest BCUT2D eigenvalue weighted by atomic mass is 127. The van der Waals surface area contributed by atoms with Crippen LogP contribution in [0.2, 0.25) is 0 Å². The molecule has 0 aromatic carbocycles. The van der Waals surface area contributed by atoms with Crippen molar-refractivity contribution in [1.82, 2.24) is 0 Å². The van der Waals surface area contributed by atoms with Crippen LogP contribution in [0.1, 0.15) is 19.8 Å². The fraction of sp³-hybridized carbons (Fsp3) is 1.00. The van der Waals surface area contributed by atoms with Gasteiger partial charge in [-0.15, -0.1) is 23.5 Å². The molecule has 0 saturated carbocycles. The fourth-order valence-electron chi connectivity index (χ4n) is 0.993. The van der Waals surface area contributed by atoms with E-state index in [9.17, 15) is 0 Å². The molecule has 1 aliphatic heterocycles. The first-order chi connectivity index (χ1) is 4.83. The topological polar surface area (TPSA) is 0 Å². The molecule has 0 atom stereocenters. The largest absolute Gasteiger partial charge is 0.143 e. The lowest BCUT2D eigenvalue weighted by Gasteiger charge is -2.33. The van der Waals surface area contributed by atoms with Gasteiger partial charge in [0.1, 0.15) is 0 Å². The summed E-state index contributed by atoms with van der Waals surface area (Å²) in [5, 5.41) is 0. The second-order valence-electron chi connectivity index (χ2n) is 2.45. The van der Waals surface area contributed by atoms with Crippen molar-refractivity contribution in [3.63, 3.8) is 0 Å². The predicted molar refractivity (Wildman–Crippen MR) is 61.4 cm³/mol. The van der Waals surface area contributed by atoms with Gasteiger partial charge in [-0.05, 0) is 24.3 Å². The summed E-state index contributed by atoms with van der Waals surface area (Å²) in [7, 11) is 0. The molecule has 0 aromatic rings. The van der Waals surface area contributed by atoms with E-state index < -0.39 is 0 Å². The van der Waals surface area contributed by atoms with E-state index in [4.69, 9.17) is 0 Å². The maximum absolute atomic E-state index is 2.52. The number of hydrogen-bond acceptors (Lipinski definition) is 2. The second-order valence-corrected chi connectivity index (χ2v) is 6.43. The van der Waals surface area contributed by atoms with Crippen LogP contribution >= 0.6 is 46.1 Å². The Balaban J connectivity index is 2.44. The lowest BCUT2D eigenvalue weighted by atomic mass is 10.4. The summed E-state index contributed by atoms with van der Waals surface area (Å²) >= 11 is 6.85. The van der Waals surface area contributed by atoms with Crippen LogP contribution < -0.4 is 0 Å². The molecule has 0 amide bonds. The van der Waals surface area contributed by atoms with Gasteiger partial charge in [0, 0.05) is 4.43 Å². The molecule has 1 saturated heterocycles. The first-order valence-corrected chi connectivity index (χ1v) is 7.16. The van der Waals surface area contributed by atoms with Gasteiger partial charge in [-0.1, -0.05) is 29.5 Å². The Hall–Kier alpha value is 1.43. The maximum atomic E-state index is 2.52. The summed E-state index contributed by atoms with van der Waals surface area (Å²) in [5.74, 6) is 2.76. The zero-order chi connectivity index (χ0) is 7.45. The third-order valence-corrected chi connectivity index (χ3v) is 7.71. The van der Waals surface area contributed by atoms with Crippen molar-refractivity contribution in [2.45, 2.75) is 23.8 Å². The molecule has 0 aromatic heterocycles. The Morgan fingerprint density at radius 1 is 1.40 bits per heavy atom. The SMILES string of the molecule is CCC1(CI)SCCCS1. The molecule has 0 unspecified atom stereocenters. The average molecular weight is 288 g/mol. The Kier molecular flexibility index (Phi) is 4.24. The zero-order valence-corrected chi connectivity index (χ0v) is 10.0. The van der Waals surface area contributed by atoms with Crippen molar-refractivity contribution >= 4 is 46.1 Å². The highest BCUT2D eigenvalue weighted by Crippen LogP contribution is 2.45. The lowest BCUT2D eigenvalue weighted by molar-refractivity contribution is 0.852. The molecule has 0 nitrogen and oxygen atoms in total. The van der Waals surface area contributed by atoms with E-state index in [1.807, 2.05) is 0 Å². The van der Waals surface area contributed by atoms with E-state index in [2.05, 4.69) is 53.0 Å². The molecular weight excluding hydrogens is 275 g/mol. The summed E-state index contributed by atoms with van der Waals surface area (Å²) in [6.45, 7) is 2.31. The lowest BCUT2D eigenvalue weighted by Crippen LogP contribution is -2.25. The van der Waals surface area contributed by atoms with Gasteiger partial charge in [0.05, 0.1) is 4.08 Å². The van der Waals surface area contributed by atoms with Gasteiger partial charge < -0.3 is 0 Å². The van der Waals surface area contributed by atoms with Gasteiger partial charge in [-0.3, -0.25) is 0 Å². The number of halogens is 1. The minimum absolute atomic E-state index is 0.582. The molecule has 0 bridgehead atoms. The van der Waals surface area contributed by atoms with Crippen LogP contribution in [-0.4, -0.2) is 20.0 Å². The fourth-order valence-corrected chi connectivity index (χ4v) is 5.75. The van der Waals surface area contributed by atoms with E-state index in [1.165, 1.54) is 28.8 Å². The smallest absolute Gasteiger partial charge is 0.0697 e. The summed E-state index contributed by atoms with van der Waals surface area (Å²) in [6, 6.07) is 0. The molecule has 0 N–H and O–H groups in total.